The number of nitrogens with zero attached hydrogens (tertiary/aromatic N) is 4. The Morgan fingerprint density at radius 3 is 2.74 bits per heavy atom. The van der Waals surface area contributed by atoms with Gasteiger partial charge in [0.15, 0.2) is 22.5 Å². The number of hydrogen-bond acceptors (Lipinski definition) is 10. The molecule has 0 amide bonds. The quantitative estimate of drug-likeness (QED) is 0.325. The van der Waals surface area contributed by atoms with Crippen LogP contribution in [0.15, 0.2) is 46.0 Å². The molecule has 4 heterocycles. The van der Waals surface area contributed by atoms with Crippen molar-refractivity contribution in [2.45, 2.75) is 44.3 Å². The van der Waals surface area contributed by atoms with Gasteiger partial charge in [0.25, 0.3) is 5.92 Å². The van der Waals surface area contributed by atoms with Crippen molar-refractivity contribution < 1.29 is 41.8 Å². The number of carboxylic acid groups (broad SMARTS) is 1. The minimum absolute atomic E-state index is 0.0277. The zero-order valence-corrected chi connectivity index (χ0v) is 23.8. The standard InChI is InChI=1S/C27H29F4N5O5S/c1-26(2,25(38)39)7-9-36-21-17(12-41-36)35(13-27(21,30)31)11-16-18(24(37)40-3)20(14-5-4-6-15(28)19(14)29)34-22(33-16)23-32-8-10-42-23/h4-6,8,10,17,20-21H,7,9,11-13H2,1-3H3,(H,33,34)(H,38,39). The highest BCUT2D eigenvalue weighted by Gasteiger charge is 2.61. The highest BCUT2D eigenvalue weighted by molar-refractivity contribution is 7.11. The molecule has 2 N–H and O–H groups in total. The van der Waals surface area contributed by atoms with Gasteiger partial charge in [-0.15, -0.1) is 11.3 Å². The maximum absolute atomic E-state index is 15.5. The first-order valence-corrected chi connectivity index (χ1v) is 14.0. The number of nitrogens with one attached hydrogen (secondary N) is 1. The van der Waals surface area contributed by atoms with Crippen LogP contribution < -0.4 is 5.32 Å². The number of carbonyl (C=O) groups is 2. The molecule has 226 valence electrons. The zero-order chi connectivity index (χ0) is 30.4. The number of hydrogen-bond donors (Lipinski definition) is 2. The third kappa shape index (κ3) is 5.53. The Hall–Kier alpha value is -3.40. The average molecular weight is 612 g/mol. The van der Waals surface area contributed by atoms with Crippen LogP contribution in [0.25, 0.3) is 0 Å². The van der Waals surface area contributed by atoms with Crippen LogP contribution in [0.1, 0.15) is 36.9 Å². The molecule has 0 radical (unpaired) electrons. The number of methoxy groups -OCH3 is 1. The van der Waals surface area contributed by atoms with Gasteiger partial charge in [-0.2, -0.15) is 5.06 Å². The highest BCUT2D eigenvalue weighted by Crippen LogP contribution is 2.42. The van der Waals surface area contributed by atoms with Gasteiger partial charge >= 0.3 is 11.9 Å². The van der Waals surface area contributed by atoms with E-state index in [1.165, 1.54) is 48.4 Å². The number of rotatable bonds is 9. The monoisotopic (exact) mass is 611 g/mol. The van der Waals surface area contributed by atoms with Crippen LogP contribution in [-0.2, 0) is 19.2 Å². The van der Waals surface area contributed by atoms with Crippen molar-refractivity contribution in [1.82, 2.24) is 20.3 Å². The number of esters is 1. The minimum atomic E-state index is -3.24. The summed E-state index contributed by atoms with van der Waals surface area (Å²) < 4.78 is 65.2. The van der Waals surface area contributed by atoms with E-state index in [4.69, 9.17) is 9.57 Å². The molecule has 2 aromatic rings. The number of carboxylic acids is 1. The lowest BCUT2D eigenvalue weighted by molar-refractivity contribution is -0.186. The van der Waals surface area contributed by atoms with Crippen molar-refractivity contribution in [1.29, 1.82) is 0 Å². The number of aliphatic carboxylic acids is 1. The molecule has 5 rings (SSSR count). The second-order valence-corrected chi connectivity index (χ2v) is 11.8. The molecule has 1 aromatic heterocycles. The fraction of sp³-hybridized carbons (Fsp3) is 0.481. The normalized spacial score (nSPS) is 24.4. The van der Waals surface area contributed by atoms with Gasteiger partial charge in [-0.25, -0.2) is 27.3 Å². The molecular formula is C27H29F4N5O5S. The van der Waals surface area contributed by atoms with Crippen LogP contribution in [0.5, 0.6) is 0 Å². The number of amidine groups is 1. The molecule has 10 nitrogen and oxygen atoms in total. The Bertz CT molecular complexity index is 1430. The summed E-state index contributed by atoms with van der Waals surface area (Å²) in [5, 5.41) is 15.6. The van der Waals surface area contributed by atoms with E-state index in [0.717, 1.165) is 18.2 Å². The average Bonchev–Trinajstić information content (AvgIpc) is 3.67. The minimum Gasteiger partial charge on any atom is -0.481 e. The first-order valence-electron chi connectivity index (χ1n) is 13.1. The molecule has 1 aromatic carbocycles. The fourth-order valence-corrected chi connectivity index (χ4v) is 5.95. The van der Waals surface area contributed by atoms with Crippen LogP contribution in [0.2, 0.25) is 0 Å². The smallest absolute Gasteiger partial charge is 0.338 e. The van der Waals surface area contributed by atoms with E-state index >= 15 is 13.2 Å². The summed E-state index contributed by atoms with van der Waals surface area (Å²) in [6.07, 6.45) is 1.60. The second-order valence-electron chi connectivity index (χ2n) is 10.9. The number of benzene rings is 1. The van der Waals surface area contributed by atoms with E-state index in [-0.39, 0.29) is 48.8 Å². The van der Waals surface area contributed by atoms with Gasteiger partial charge in [-0.1, -0.05) is 12.1 Å². The molecule has 0 spiro atoms. The molecule has 15 heteroatoms. The summed E-state index contributed by atoms with van der Waals surface area (Å²) in [7, 11) is 1.12. The van der Waals surface area contributed by atoms with E-state index in [0.29, 0.717) is 5.01 Å². The van der Waals surface area contributed by atoms with E-state index in [9.17, 15) is 19.1 Å². The van der Waals surface area contributed by atoms with Gasteiger partial charge in [-0.3, -0.25) is 19.5 Å². The summed E-state index contributed by atoms with van der Waals surface area (Å²) in [5.74, 6) is -7.37. The predicted molar refractivity (Wildman–Crippen MR) is 143 cm³/mol. The van der Waals surface area contributed by atoms with E-state index < -0.39 is 59.6 Å². The first kappa shape index (κ1) is 30.1. The fourth-order valence-electron chi connectivity index (χ4n) is 5.37. The van der Waals surface area contributed by atoms with Crippen LogP contribution >= 0.6 is 11.3 Å². The van der Waals surface area contributed by atoms with Crippen molar-refractivity contribution in [2.24, 2.45) is 10.4 Å². The molecule has 2 fully saturated rings. The van der Waals surface area contributed by atoms with Crippen LogP contribution in [-0.4, -0.2) is 89.2 Å². The summed E-state index contributed by atoms with van der Waals surface area (Å²) in [6, 6.07) is -0.0194. The molecule has 3 unspecified atom stereocenters. The van der Waals surface area contributed by atoms with Crippen molar-refractivity contribution in [3.8, 4) is 0 Å². The summed E-state index contributed by atoms with van der Waals surface area (Å²) >= 11 is 1.21. The topological polar surface area (TPSA) is 117 Å². The third-order valence-corrected chi connectivity index (χ3v) is 8.52. The van der Waals surface area contributed by atoms with Gasteiger partial charge in [0.1, 0.15) is 12.1 Å². The highest BCUT2D eigenvalue weighted by atomic mass is 32.1. The van der Waals surface area contributed by atoms with Gasteiger partial charge < -0.3 is 15.2 Å². The Labute approximate surface area is 242 Å². The molecule has 0 saturated carbocycles. The van der Waals surface area contributed by atoms with Crippen LogP contribution in [0.3, 0.4) is 0 Å². The van der Waals surface area contributed by atoms with Gasteiger partial charge in [-0.05, 0) is 26.3 Å². The number of alkyl halides is 2. The number of ether oxygens (including phenoxy) is 1. The maximum atomic E-state index is 15.5. The van der Waals surface area contributed by atoms with Crippen LogP contribution in [0, 0.1) is 17.0 Å². The molecule has 3 aliphatic rings. The van der Waals surface area contributed by atoms with E-state index in [2.05, 4.69) is 15.3 Å². The van der Waals surface area contributed by atoms with Crippen LogP contribution in [0.4, 0.5) is 17.6 Å². The summed E-state index contributed by atoms with van der Waals surface area (Å²) in [6.45, 7) is 1.99. The van der Waals surface area contributed by atoms with Gasteiger partial charge in [0, 0.05) is 35.9 Å². The Balaban J connectivity index is 1.49. The Morgan fingerprint density at radius 1 is 1.31 bits per heavy atom. The van der Waals surface area contributed by atoms with Crippen molar-refractivity contribution >= 4 is 29.1 Å². The predicted octanol–water partition coefficient (Wildman–Crippen LogP) is 3.38. The lowest BCUT2D eigenvalue weighted by atomic mass is 9.89. The molecule has 2 saturated heterocycles. The molecule has 3 atom stereocenters. The van der Waals surface area contributed by atoms with Crippen molar-refractivity contribution in [3.05, 3.63) is 63.3 Å². The SMILES string of the molecule is COC(=O)C1=C(CN2CC(F)(F)C3C2CON3CCC(C)(C)C(=O)O)NC(c2nccs2)=NC1c1cccc(F)c1F. The number of thiazole rings is 1. The number of carbonyl (C=O) groups excluding carboxylic acids is 1. The third-order valence-electron chi connectivity index (χ3n) is 7.74. The Kier molecular flexibility index (Phi) is 8.13. The molecule has 0 bridgehead atoms. The first-order chi connectivity index (χ1) is 19.8. The van der Waals surface area contributed by atoms with Crippen molar-refractivity contribution in [2.75, 3.05) is 33.4 Å². The second kappa shape index (κ2) is 11.4. The molecule has 42 heavy (non-hydrogen) atoms. The molecule has 3 aliphatic heterocycles. The largest absolute Gasteiger partial charge is 0.481 e. The van der Waals surface area contributed by atoms with Gasteiger partial charge in [0.05, 0.1) is 37.3 Å². The van der Waals surface area contributed by atoms with E-state index in [1.54, 1.807) is 5.38 Å². The maximum Gasteiger partial charge on any atom is 0.338 e. The summed E-state index contributed by atoms with van der Waals surface area (Å²) in [4.78, 5) is 40.4. The van der Waals surface area contributed by atoms with Crippen molar-refractivity contribution in [3.63, 3.8) is 0 Å². The van der Waals surface area contributed by atoms with E-state index in [1.807, 2.05) is 0 Å². The zero-order valence-electron chi connectivity index (χ0n) is 22.9. The molecule has 0 aliphatic carbocycles. The number of fused-ring (bicyclic) bond motifs is 1. The number of aliphatic imine (C=N–C) groups is 1. The lowest BCUT2D eigenvalue weighted by Crippen LogP contribution is -2.46. The van der Waals surface area contributed by atoms with Gasteiger partial charge in [0.2, 0.25) is 0 Å². The number of halogens is 4. The summed E-state index contributed by atoms with van der Waals surface area (Å²) in [5.41, 5.74) is -1.41. The number of likely N-dealkylation sites (tertiary alicyclic amines) is 1. The Morgan fingerprint density at radius 2 is 2.07 bits per heavy atom. The number of aromatic nitrogens is 1. The lowest BCUT2D eigenvalue weighted by Gasteiger charge is -2.30. The molecular weight excluding hydrogens is 582 g/mol. The number of hydroxylamine groups is 2.